The van der Waals surface area contributed by atoms with Gasteiger partial charge >= 0.3 is 0 Å². The van der Waals surface area contributed by atoms with Gasteiger partial charge in [0.25, 0.3) is 10.7 Å². The van der Waals surface area contributed by atoms with Crippen molar-refractivity contribution >= 4 is 35.3 Å². The molecular weight excluding hydrogens is 274 g/mol. The smallest absolute Gasteiger partial charge is 0.284 e. The molecule has 0 bridgehead atoms. The molecule has 2 aromatic rings. The van der Waals surface area contributed by atoms with Crippen LogP contribution in [-0.4, -0.2) is 20.9 Å². The van der Waals surface area contributed by atoms with Crippen LogP contribution in [0.5, 0.6) is 0 Å². The van der Waals surface area contributed by atoms with Crippen molar-refractivity contribution in [3.8, 4) is 10.8 Å². The predicted octanol–water partition coefficient (Wildman–Crippen LogP) is 3.67. The van der Waals surface area contributed by atoms with E-state index in [9.17, 15) is 0 Å². The number of thioether (sulfide) groups is 1. The number of aromatic amines is 1. The topological polar surface area (TPSA) is 54.7 Å². The van der Waals surface area contributed by atoms with Crippen LogP contribution in [0, 0.1) is 4.84 Å². The number of aromatic nitrogens is 3. The molecule has 0 aliphatic rings. The Bertz CT molecular complexity index is 543. The van der Waals surface area contributed by atoms with Crippen LogP contribution in [0.15, 0.2) is 4.42 Å². The van der Waals surface area contributed by atoms with E-state index in [0.29, 0.717) is 10.7 Å². The number of hydrogen-bond donors (Lipinski definition) is 1. The first-order chi connectivity index (χ1) is 8.24. The quantitative estimate of drug-likeness (QED) is 0.850. The van der Waals surface area contributed by atoms with Gasteiger partial charge in [0, 0.05) is 5.75 Å². The zero-order chi connectivity index (χ0) is 12.3. The Hall–Kier alpha value is -0.660. The summed E-state index contributed by atoms with van der Waals surface area (Å²) in [6.07, 6.45) is 0.873. The highest BCUT2D eigenvalue weighted by atomic mass is 32.2. The molecule has 92 valence electrons. The van der Waals surface area contributed by atoms with Crippen molar-refractivity contribution in [1.29, 1.82) is 0 Å². The number of aryl methyl sites for hydroxylation is 1. The minimum absolute atomic E-state index is 0.305. The Kier molecular flexibility index (Phi) is 4.36. The molecular formula is C10H13N3OS3. The van der Waals surface area contributed by atoms with E-state index in [0.717, 1.165) is 33.5 Å². The summed E-state index contributed by atoms with van der Waals surface area (Å²) in [4.78, 5) is 5.90. The van der Waals surface area contributed by atoms with Crippen LogP contribution in [0.25, 0.3) is 10.8 Å². The average Bonchev–Trinajstić information content (AvgIpc) is 2.92. The molecule has 0 atom stereocenters. The third-order valence-corrected chi connectivity index (χ3v) is 4.47. The van der Waals surface area contributed by atoms with Gasteiger partial charge in [-0.15, -0.1) is 16.4 Å². The monoisotopic (exact) mass is 287 g/mol. The van der Waals surface area contributed by atoms with Crippen LogP contribution >= 0.6 is 35.3 Å². The molecule has 2 rings (SSSR count). The summed E-state index contributed by atoms with van der Waals surface area (Å²) in [6, 6.07) is 0. The van der Waals surface area contributed by atoms with E-state index in [1.54, 1.807) is 11.3 Å². The first kappa shape index (κ1) is 12.8. The second kappa shape index (κ2) is 5.79. The highest BCUT2D eigenvalue weighted by molar-refractivity contribution is 7.98. The lowest BCUT2D eigenvalue weighted by Crippen LogP contribution is -1.85. The fourth-order valence-electron chi connectivity index (χ4n) is 1.39. The minimum atomic E-state index is 0.305. The maximum atomic E-state index is 5.34. The van der Waals surface area contributed by atoms with Crippen molar-refractivity contribution in [2.24, 2.45) is 0 Å². The summed E-state index contributed by atoms with van der Waals surface area (Å²) in [6.45, 7) is 4.23. The fourth-order valence-corrected chi connectivity index (χ4v) is 3.31. The van der Waals surface area contributed by atoms with Gasteiger partial charge in [-0.3, -0.25) is 0 Å². The molecule has 0 unspecified atom stereocenters. The van der Waals surface area contributed by atoms with Crippen molar-refractivity contribution in [2.45, 2.75) is 26.0 Å². The van der Waals surface area contributed by atoms with Crippen molar-refractivity contribution in [2.75, 3.05) is 5.75 Å². The van der Waals surface area contributed by atoms with Crippen LogP contribution in [0.4, 0.5) is 0 Å². The zero-order valence-corrected chi connectivity index (χ0v) is 12.1. The summed E-state index contributed by atoms with van der Waals surface area (Å²) in [5, 5.41) is 7.82. The molecule has 2 aromatic heterocycles. The molecule has 17 heavy (non-hydrogen) atoms. The average molecular weight is 287 g/mol. The third kappa shape index (κ3) is 2.97. The summed E-state index contributed by atoms with van der Waals surface area (Å²) in [7, 11) is 0. The Morgan fingerprint density at radius 3 is 2.88 bits per heavy atom. The SMILES string of the molecule is CCSCc1nc(CC)c(-c2n[nH]c(=S)o2)s1. The van der Waals surface area contributed by atoms with Gasteiger partial charge in [0.05, 0.1) is 5.69 Å². The van der Waals surface area contributed by atoms with E-state index in [4.69, 9.17) is 16.6 Å². The first-order valence-electron chi connectivity index (χ1n) is 5.36. The molecule has 4 nitrogen and oxygen atoms in total. The molecule has 0 saturated heterocycles. The van der Waals surface area contributed by atoms with Crippen LogP contribution in [0.2, 0.25) is 0 Å². The van der Waals surface area contributed by atoms with E-state index in [1.807, 2.05) is 11.8 Å². The first-order valence-corrected chi connectivity index (χ1v) is 7.74. The number of nitrogens with zero attached hydrogens (tertiary/aromatic N) is 2. The molecule has 0 aromatic carbocycles. The summed E-state index contributed by atoms with van der Waals surface area (Å²) in [5.41, 5.74) is 1.03. The molecule has 2 heterocycles. The molecule has 0 aliphatic heterocycles. The van der Waals surface area contributed by atoms with Gasteiger partial charge in [-0.25, -0.2) is 10.1 Å². The Balaban J connectivity index is 2.32. The van der Waals surface area contributed by atoms with Crippen LogP contribution < -0.4 is 0 Å². The summed E-state index contributed by atoms with van der Waals surface area (Å²) in [5.74, 6) is 2.59. The van der Waals surface area contributed by atoms with Gasteiger partial charge < -0.3 is 4.42 Å². The number of rotatable bonds is 5. The van der Waals surface area contributed by atoms with Gasteiger partial charge in [-0.1, -0.05) is 13.8 Å². The lowest BCUT2D eigenvalue weighted by molar-refractivity contribution is 0.552. The zero-order valence-electron chi connectivity index (χ0n) is 9.65. The van der Waals surface area contributed by atoms with Gasteiger partial charge in [-0.2, -0.15) is 11.8 Å². The van der Waals surface area contributed by atoms with E-state index in [1.165, 1.54) is 0 Å². The normalized spacial score (nSPS) is 10.9. The van der Waals surface area contributed by atoms with Gasteiger partial charge in [0.2, 0.25) is 0 Å². The Morgan fingerprint density at radius 2 is 2.29 bits per heavy atom. The van der Waals surface area contributed by atoms with E-state index in [2.05, 4.69) is 29.0 Å². The Morgan fingerprint density at radius 1 is 1.47 bits per heavy atom. The second-order valence-electron chi connectivity index (χ2n) is 3.29. The van der Waals surface area contributed by atoms with Gasteiger partial charge in [0.15, 0.2) is 0 Å². The van der Waals surface area contributed by atoms with Crippen molar-refractivity contribution in [3.05, 3.63) is 15.5 Å². The van der Waals surface area contributed by atoms with Crippen molar-refractivity contribution in [3.63, 3.8) is 0 Å². The predicted molar refractivity (Wildman–Crippen MR) is 74.0 cm³/mol. The third-order valence-electron chi connectivity index (χ3n) is 2.14. The highest BCUT2D eigenvalue weighted by Crippen LogP contribution is 2.31. The highest BCUT2D eigenvalue weighted by Gasteiger charge is 2.15. The molecule has 0 aliphatic carbocycles. The molecule has 1 N–H and O–H groups in total. The molecule has 0 amide bonds. The molecule has 0 radical (unpaired) electrons. The summed E-state index contributed by atoms with van der Waals surface area (Å²) < 4.78 is 5.34. The van der Waals surface area contributed by atoms with Crippen LogP contribution in [0.3, 0.4) is 0 Å². The maximum Gasteiger partial charge on any atom is 0.284 e. The van der Waals surface area contributed by atoms with E-state index in [-0.39, 0.29) is 0 Å². The lowest BCUT2D eigenvalue weighted by Gasteiger charge is -1.91. The van der Waals surface area contributed by atoms with Crippen molar-refractivity contribution in [1.82, 2.24) is 15.2 Å². The van der Waals surface area contributed by atoms with Crippen LogP contribution in [0.1, 0.15) is 24.5 Å². The van der Waals surface area contributed by atoms with Crippen molar-refractivity contribution < 1.29 is 4.42 Å². The molecule has 0 saturated carbocycles. The number of nitrogens with one attached hydrogen (secondary N) is 1. The summed E-state index contributed by atoms with van der Waals surface area (Å²) >= 11 is 8.38. The van der Waals surface area contributed by atoms with E-state index >= 15 is 0 Å². The minimum Gasteiger partial charge on any atom is -0.408 e. The van der Waals surface area contributed by atoms with Gasteiger partial charge in [-0.05, 0) is 24.4 Å². The van der Waals surface area contributed by atoms with E-state index < -0.39 is 0 Å². The van der Waals surface area contributed by atoms with Crippen LogP contribution in [-0.2, 0) is 12.2 Å². The fraction of sp³-hybridized carbons (Fsp3) is 0.500. The number of H-pyrrole nitrogens is 1. The largest absolute Gasteiger partial charge is 0.408 e. The number of thiazole rings is 1. The van der Waals surface area contributed by atoms with Gasteiger partial charge in [0.1, 0.15) is 9.88 Å². The molecule has 0 fully saturated rings. The molecule has 0 spiro atoms. The Labute approximate surface area is 113 Å². The maximum absolute atomic E-state index is 5.34. The lowest BCUT2D eigenvalue weighted by atomic mass is 10.3. The second-order valence-corrected chi connectivity index (χ2v) is 6.02. The standard InChI is InChI=1S/C10H13N3OS3/c1-3-6-8(9-12-13-10(15)14-9)17-7(11-6)5-16-4-2/h3-5H2,1-2H3,(H,13,15). The number of hydrogen-bond acceptors (Lipinski definition) is 6. The molecule has 7 heteroatoms.